The van der Waals surface area contributed by atoms with Gasteiger partial charge in [0.05, 0.1) is 17.9 Å². The van der Waals surface area contributed by atoms with E-state index >= 15 is 0 Å². The Bertz CT molecular complexity index is 615. The number of hydrogen-bond donors (Lipinski definition) is 0. The lowest BCUT2D eigenvalue weighted by molar-refractivity contribution is -0.146. The van der Waals surface area contributed by atoms with Crippen molar-refractivity contribution < 1.29 is 9.53 Å². The van der Waals surface area contributed by atoms with Gasteiger partial charge in [0.1, 0.15) is 0 Å². The van der Waals surface area contributed by atoms with Gasteiger partial charge in [-0.05, 0) is 31.5 Å². The number of hydrogen-bond acceptors (Lipinski definition) is 3. The Labute approximate surface area is 125 Å². The molecule has 0 aromatic heterocycles. The van der Waals surface area contributed by atoms with Gasteiger partial charge in [0, 0.05) is 24.6 Å². The summed E-state index contributed by atoms with van der Waals surface area (Å²) in [6, 6.07) is 10.5. The van der Waals surface area contributed by atoms with Gasteiger partial charge in [0.15, 0.2) is 0 Å². The van der Waals surface area contributed by atoms with Crippen LogP contribution in [0.1, 0.15) is 24.8 Å². The van der Waals surface area contributed by atoms with Crippen molar-refractivity contribution in [3.8, 4) is 11.8 Å². The quantitative estimate of drug-likeness (QED) is 0.538. The van der Waals surface area contributed by atoms with Gasteiger partial charge >= 0.3 is 5.97 Å². The maximum Gasteiger partial charge on any atom is 0.314 e. The Morgan fingerprint density at radius 1 is 1.29 bits per heavy atom. The fourth-order valence-electron chi connectivity index (χ4n) is 4.17. The van der Waals surface area contributed by atoms with Crippen LogP contribution < -0.4 is 0 Å². The molecule has 1 aromatic carbocycles. The fraction of sp³-hybridized carbons (Fsp3) is 0.500. The summed E-state index contributed by atoms with van der Waals surface area (Å²) >= 11 is 0. The molecule has 0 N–H and O–H groups in total. The Balaban J connectivity index is 1.70. The van der Waals surface area contributed by atoms with E-state index in [1.807, 2.05) is 30.3 Å². The molecule has 4 rings (SSSR count). The second-order valence-corrected chi connectivity index (χ2v) is 6.34. The van der Waals surface area contributed by atoms with Gasteiger partial charge in [-0.2, -0.15) is 0 Å². The van der Waals surface area contributed by atoms with Crippen molar-refractivity contribution in [2.75, 3.05) is 19.7 Å². The highest BCUT2D eigenvalue weighted by Crippen LogP contribution is 2.49. The van der Waals surface area contributed by atoms with E-state index in [1.165, 1.54) is 6.42 Å². The van der Waals surface area contributed by atoms with E-state index in [1.54, 1.807) is 0 Å². The maximum atomic E-state index is 12.3. The predicted octanol–water partition coefficient (Wildman–Crippen LogP) is 2.07. The second kappa shape index (κ2) is 4.89. The highest BCUT2D eigenvalue weighted by molar-refractivity contribution is 5.80. The Hall–Kier alpha value is -1.79. The highest BCUT2D eigenvalue weighted by Gasteiger charge is 2.60. The third-order valence-corrected chi connectivity index (χ3v) is 5.21. The number of carbonyl (C=O) groups excluding carboxylic acids is 1. The minimum Gasteiger partial charge on any atom is -0.465 e. The van der Waals surface area contributed by atoms with Crippen molar-refractivity contribution >= 4 is 5.97 Å². The summed E-state index contributed by atoms with van der Waals surface area (Å²) < 4.78 is 5.30. The monoisotopic (exact) mass is 281 g/mol. The zero-order chi connectivity index (χ0) is 14.3. The normalized spacial score (nSPS) is 34.6. The van der Waals surface area contributed by atoms with Gasteiger partial charge in [0.2, 0.25) is 0 Å². The van der Waals surface area contributed by atoms with Crippen LogP contribution >= 0.6 is 0 Å². The van der Waals surface area contributed by atoms with Gasteiger partial charge < -0.3 is 4.74 Å². The second-order valence-electron chi connectivity index (χ2n) is 6.34. The Morgan fingerprint density at radius 2 is 2.14 bits per heavy atom. The summed E-state index contributed by atoms with van der Waals surface area (Å²) in [5, 5.41) is 0. The number of benzene rings is 1. The van der Waals surface area contributed by atoms with Crippen molar-refractivity contribution in [1.82, 2.24) is 4.90 Å². The van der Waals surface area contributed by atoms with E-state index in [9.17, 15) is 4.79 Å². The standard InChI is InChI=1S/C18H19NO2/c20-17-18(10-12-21-17)13-19-11-4-7-16(19)15(18)9-8-14-5-2-1-3-6-14/h1-3,5-6,15-16H,4,7,10-13H2/t15-,16+,18-/m0/s1. The van der Waals surface area contributed by atoms with Gasteiger partial charge in [-0.15, -0.1) is 0 Å². The van der Waals surface area contributed by atoms with Crippen molar-refractivity contribution in [3.63, 3.8) is 0 Å². The van der Waals surface area contributed by atoms with Gasteiger partial charge in [-0.3, -0.25) is 9.69 Å². The molecule has 0 amide bonds. The molecule has 21 heavy (non-hydrogen) atoms. The lowest BCUT2D eigenvalue weighted by atomic mass is 9.74. The third-order valence-electron chi connectivity index (χ3n) is 5.21. The van der Waals surface area contributed by atoms with Crippen LogP contribution in [0.15, 0.2) is 30.3 Å². The molecule has 0 unspecified atom stereocenters. The molecule has 3 atom stereocenters. The highest BCUT2D eigenvalue weighted by atomic mass is 16.5. The summed E-state index contributed by atoms with van der Waals surface area (Å²) in [6.45, 7) is 2.50. The van der Waals surface area contributed by atoms with Crippen molar-refractivity contribution in [3.05, 3.63) is 35.9 Å². The van der Waals surface area contributed by atoms with E-state index in [0.29, 0.717) is 12.6 Å². The van der Waals surface area contributed by atoms with Crippen molar-refractivity contribution in [2.24, 2.45) is 11.3 Å². The Morgan fingerprint density at radius 3 is 2.90 bits per heavy atom. The summed E-state index contributed by atoms with van der Waals surface area (Å²) in [7, 11) is 0. The average Bonchev–Trinajstić information content (AvgIpc) is 3.16. The van der Waals surface area contributed by atoms with E-state index in [2.05, 4.69) is 16.7 Å². The van der Waals surface area contributed by atoms with E-state index in [-0.39, 0.29) is 17.3 Å². The number of fused-ring (bicyclic) bond motifs is 1. The molecule has 3 aliphatic rings. The molecular formula is C18H19NO2. The first-order chi connectivity index (χ1) is 10.3. The molecule has 3 aliphatic heterocycles. The van der Waals surface area contributed by atoms with E-state index < -0.39 is 0 Å². The van der Waals surface area contributed by atoms with Crippen molar-refractivity contribution in [1.29, 1.82) is 0 Å². The molecule has 0 aliphatic carbocycles. The minimum atomic E-state index is -0.368. The van der Waals surface area contributed by atoms with E-state index in [4.69, 9.17) is 4.74 Å². The smallest absolute Gasteiger partial charge is 0.314 e. The van der Waals surface area contributed by atoms with Gasteiger partial charge in [-0.1, -0.05) is 30.0 Å². The molecule has 108 valence electrons. The molecular weight excluding hydrogens is 262 g/mol. The lowest BCUT2D eigenvalue weighted by Crippen LogP contribution is -2.36. The molecule has 3 heteroatoms. The van der Waals surface area contributed by atoms with Crippen LogP contribution in [-0.2, 0) is 9.53 Å². The number of nitrogens with zero attached hydrogens (tertiary/aromatic N) is 1. The number of rotatable bonds is 0. The summed E-state index contributed by atoms with van der Waals surface area (Å²) in [4.78, 5) is 14.8. The molecule has 0 bridgehead atoms. The number of cyclic esters (lactones) is 1. The predicted molar refractivity (Wildman–Crippen MR) is 79.4 cm³/mol. The third kappa shape index (κ3) is 1.98. The number of esters is 1. The molecule has 0 saturated carbocycles. The number of ether oxygens (including phenoxy) is 1. The molecule has 1 aromatic rings. The summed E-state index contributed by atoms with van der Waals surface area (Å²) in [6.07, 6.45) is 3.20. The van der Waals surface area contributed by atoms with Crippen LogP contribution in [0.3, 0.4) is 0 Å². The van der Waals surface area contributed by atoms with Gasteiger partial charge in [0.25, 0.3) is 0 Å². The first-order valence-electron chi connectivity index (χ1n) is 7.77. The Kier molecular flexibility index (Phi) is 3.01. The van der Waals surface area contributed by atoms with Crippen molar-refractivity contribution in [2.45, 2.75) is 25.3 Å². The molecule has 1 spiro atoms. The van der Waals surface area contributed by atoms with Crippen LogP contribution in [0.5, 0.6) is 0 Å². The molecule has 3 nitrogen and oxygen atoms in total. The van der Waals surface area contributed by atoms with Crippen LogP contribution in [-0.4, -0.2) is 36.6 Å². The molecule has 3 fully saturated rings. The van der Waals surface area contributed by atoms with E-state index in [0.717, 1.165) is 31.5 Å². The fourth-order valence-corrected chi connectivity index (χ4v) is 4.17. The average molecular weight is 281 g/mol. The van der Waals surface area contributed by atoms with Crippen LogP contribution in [0.2, 0.25) is 0 Å². The maximum absolute atomic E-state index is 12.3. The lowest BCUT2D eigenvalue weighted by Gasteiger charge is -2.24. The first kappa shape index (κ1) is 12.9. The molecule has 3 saturated heterocycles. The molecule has 3 heterocycles. The summed E-state index contributed by atoms with van der Waals surface area (Å²) in [5.41, 5.74) is 0.655. The first-order valence-corrected chi connectivity index (χ1v) is 7.77. The van der Waals surface area contributed by atoms with Crippen LogP contribution in [0.25, 0.3) is 0 Å². The van der Waals surface area contributed by atoms with Crippen LogP contribution in [0.4, 0.5) is 0 Å². The van der Waals surface area contributed by atoms with Crippen LogP contribution in [0, 0.1) is 23.2 Å². The van der Waals surface area contributed by atoms with Gasteiger partial charge in [-0.25, -0.2) is 0 Å². The zero-order valence-corrected chi connectivity index (χ0v) is 12.0. The minimum absolute atomic E-state index is 0.0238. The molecule has 0 radical (unpaired) electrons. The zero-order valence-electron chi connectivity index (χ0n) is 12.0. The topological polar surface area (TPSA) is 29.5 Å². The largest absolute Gasteiger partial charge is 0.465 e. The summed E-state index contributed by atoms with van der Waals surface area (Å²) in [5.74, 6) is 6.82. The number of carbonyl (C=O) groups is 1. The SMILES string of the molecule is O=C1OCC[C@@]12CN1CCC[C@@H]1[C@@H]2C#Cc1ccccc1.